The Labute approximate surface area is 125 Å². The zero-order valence-electron chi connectivity index (χ0n) is 12.4. The van der Waals surface area contributed by atoms with E-state index in [4.69, 9.17) is 0 Å². The highest BCUT2D eigenvalue weighted by Crippen LogP contribution is 2.18. The van der Waals surface area contributed by atoms with E-state index in [0.717, 1.165) is 30.6 Å². The maximum atomic E-state index is 11.9. The summed E-state index contributed by atoms with van der Waals surface area (Å²) in [5.74, 6) is 0.113. The molecule has 1 fully saturated rings. The molecule has 0 spiro atoms. The molecule has 1 aromatic carbocycles. The van der Waals surface area contributed by atoms with E-state index < -0.39 is 0 Å². The average Bonchev–Trinajstić information content (AvgIpc) is 3.14. The number of nitrogens with zero attached hydrogens (tertiary/aromatic N) is 1. The Bertz CT molecular complexity index is 599. The van der Waals surface area contributed by atoms with Gasteiger partial charge in [-0.1, -0.05) is 6.07 Å². The Kier molecular flexibility index (Phi) is 4.55. The van der Waals surface area contributed by atoms with Crippen molar-refractivity contribution in [2.24, 2.45) is 0 Å². The monoisotopic (exact) mass is 285 g/mol. The lowest BCUT2D eigenvalue weighted by Gasteiger charge is -2.13. The molecule has 1 saturated heterocycles. The van der Waals surface area contributed by atoms with Crippen LogP contribution in [0.3, 0.4) is 0 Å². The minimum atomic E-state index is 0.113. The third kappa shape index (κ3) is 3.85. The fourth-order valence-corrected chi connectivity index (χ4v) is 2.98. The number of benzene rings is 1. The first-order valence-electron chi connectivity index (χ1n) is 7.91. The van der Waals surface area contributed by atoms with E-state index in [1.807, 2.05) is 30.5 Å². The molecule has 0 radical (unpaired) electrons. The van der Waals surface area contributed by atoms with E-state index in [2.05, 4.69) is 15.2 Å². The summed E-state index contributed by atoms with van der Waals surface area (Å²) in [5, 5.41) is 4.15. The van der Waals surface area contributed by atoms with Crippen molar-refractivity contribution in [1.82, 2.24) is 9.88 Å². The minimum Gasteiger partial charge on any atom is -0.361 e. The summed E-state index contributed by atoms with van der Waals surface area (Å²) < 4.78 is 0. The number of aromatic nitrogens is 1. The second kappa shape index (κ2) is 6.76. The maximum absolute atomic E-state index is 11.9. The van der Waals surface area contributed by atoms with Crippen molar-refractivity contribution in [1.29, 1.82) is 0 Å². The van der Waals surface area contributed by atoms with Crippen LogP contribution < -0.4 is 5.32 Å². The lowest BCUT2D eigenvalue weighted by atomic mass is 10.2. The number of amides is 1. The summed E-state index contributed by atoms with van der Waals surface area (Å²) in [6.45, 7) is 3.62. The summed E-state index contributed by atoms with van der Waals surface area (Å²) in [7, 11) is 0. The van der Waals surface area contributed by atoms with E-state index in [1.165, 1.54) is 31.3 Å². The molecule has 1 aliphatic heterocycles. The number of nitrogens with one attached hydrogen (secondary N) is 2. The molecule has 1 amide bonds. The van der Waals surface area contributed by atoms with Gasteiger partial charge in [0.2, 0.25) is 5.91 Å². The van der Waals surface area contributed by atoms with Gasteiger partial charge in [0.1, 0.15) is 0 Å². The number of rotatable bonds is 6. The number of H-pyrrole nitrogens is 1. The topological polar surface area (TPSA) is 48.1 Å². The van der Waals surface area contributed by atoms with E-state index in [1.54, 1.807) is 0 Å². The lowest BCUT2D eigenvalue weighted by molar-refractivity contribution is -0.116. The highest BCUT2D eigenvalue weighted by atomic mass is 16.1. The van der Waals surface area contributed by atoms with E-state index in [0.29, 0.717) is 6.42 Å². The zero-order valence-corrected chi connectivity index (χ0v) is 12.4. The van der Waals surface area contributed by atoms with Gasteiger partial charge in [-0.05, 0) is 68.9 Å². The number of carbonyl (C=O) groups is 1. The molecule has 112 valence electrons. The van der Waals surface area contributed by atoms with Crippen LogP contribution in [0.2, 0.25) is 0 Å². The normalized spacial score (nSPS) is 15.6. The van der Waals surface area contributed by atoms with Crippen molar-refractivity contribution in [3.05, 3.63) is 30.5 Å². The van der Waals surface area contributed by atoms with Crippen LogP contribution in [0.5, 0.6) is 0 Å². The first kappa shape index (κ1) is 14.1. The smallest absolute Gasteiger partial charge is 0.224 e. The Balaban J connectivity index is 1.40. The maximum Gasteiger partial charge on any atom is 0.224 e. The van der Waals surface area contributed by atoms with Gasteiger partial charge in [0.25, 0.3) is 0 Å². The van der Waals surface area contributed by atoms with Gasteiger partial charge in [0.05, 0.1) is 0 Å². The highest BCUT2D eigenvalue weighted by molar-refractivity contribution is 5.93. The number of anilines is 1. The number of unbranched alkanes of at least 4 members (excludes halogenated alkanes) is 1. The van der Waals surface area contributed by atoms with Crippen molar-refractivity contribution in [3.63, 3.8) is 0 Å². The van der Waals surface area contributed by atoms with Crippen LogP contribution in [0.25, 0.3) is 10.9 Å². The van der Waals surface area contributed by atoms with E-state index in [9.17, 15) is 4.79 Å². The standard InChI is InChI=1S/C17H23N3O/c21-17(5-1-2-10-20-11-3-4-12-20)19-15-7-6-14-8-9-18-16(14)13-15/h6-9,13,18H,1-5,10-12H2,(H,19,21). The molecule has 0 unspecified atom stereocenters. The Morgan fingerprint density at radius 3 is 2.90 bits per heavy atom. The molecule has 3 rings (SSSR count). The third-order valence-electron chi connectivity index (χ3n) is 4.17. The molecule has 1 aliphatic rings. The molecule has 0 saturated carbocycles. The number of hydrogen-bond donors (Lipinski definition) is 2. The van der Waals surface area contributed by atoms with Crippen LogP contribution in [0, 0.1) is 0 Å². The fourth-order valence-electron chi connectivity index (χ4n) is 2.98. The van der Waals surface area contributed by atoms with Crippen LogP contribution in [0.4, 0.5) is 5.69 Å². The summed E-state index contributed by atoms with van der Waals surface area (Å²) in [5.41, 5.74) is 1.93. The number of fused-ring (bicyclic) bond motifs is 1. The van der Waals surface area contributed by atoms with Gasteiger partial charge in [-0.3, -0.25) is 4.79 Å². The largest absolute Gasteiger partial charge is 0.361 e. The molecule has 0 bridgehead atoms. The van der Waals surface area contributed by atoms with E-state index >= 15 is 0 Å². The number of carbonyl (C=O) groups excluding carboxylic acids is 1. The van der Waals surface area contributed by atoms with Crippen LogP contribution in [-0.2, 0) is 4.79 Å². The summed E-state index contributed by atoms with van der Waals surface area (Å²) in [6.07, 6.45) is 7.27. The van der Waals surface area contributed by atoms with Crippen LogP contribution in [0.1, 0.15) is 32.1 Å². The van der Waals surface area contributed by atoms with Gasteiger partial charge >= 0.3 is 0 Å². The summed E-state index contributed by atoms with van der Waals surface area (Å²) in [6, 6.07) is 7.99. The zero-order chi connectivity index (χ0) is 14.5. The Morgan fingerprint density at radius 1 is 1.19 bits per heavy atom. The molecule has 1 aromatic heterocycles. The molecule has 21 heavy (non-hydrogen) atoms. The second-order valence-electron chi connectivity index (χ2n) is 5.83. The fraction of sp³-hybridized carbons (Fsp3) is 0.471. The Morgan fingerprint density at radius 2 is 2.05 bits per heavy atom. The molecular weight excluding hydrogens is 262 g/mol. The van der Waals surface area contributed by atoms with Crippen molar-refractivity contribution in [3.8, 4) is 0 Å². The molecule has 4 heteroatoms. The SMILES string of the molecule is O=C(CCCCN1CCCC1)Nc1ccc2cc[nH]c2c1. The predicted molar refractivity (Wildman–Crippen MR) is 86.5 cm³/mol. The second-order valence-corrected chi connectivity index (χ2v) is 5.83. The quantitative estimate of drug-likeness (QED) is 0.799. The molecule has 2 N–H and O–H groups in total. The molecule has 0 atom stereocenters. The highest BCUT2D eigenvalue weighted by Gasteiger charge is 2.10. The summed E-state index contributed by atoms with van der Waals surface area (Å²) >= 11 is 0. The van der Waals surface area contributed by atoms with Crippen LogP contribution in [-0.4, -0.2) is 35.4 Å². The number of likely N-dealkylation sites (tertiary alicyclic amines) is 1. The lowest BCUT2D eigenvalue weighted by Crippen LogP contribution is -2.20. The van der Waals surface area contributed by atoms with Crippen molar-refractivity contribution in [2.75, 3.05) is 25.0 Å². The molecule has 2 heterocycles. The molecule has 4 nitrogen and oxygen atoms in total. The van der Waals surface area contributed by atoms with Crippen molar-refractivity contribution in [2.45, 2.75) is 32.1 Å². The first-order valence-corrected chi connectivity index (χ1v) is 7.91. The van der Waals surface area contributed by atoms with Gasteiger partial charge in [-0.25, -0.2) is 0 Å². The third-order valence-corrected chi connectivity index (χ3v) is 4.17. The van der Waals surface area contributed by atoms with Crippen molar-refractivity contribution >= 4 is 22.5 Å². The molecular formula is C17H23N3O. The van der Waals surface area contributed by atoms with Gasteiger partial charge in [-0.15, -0.1) is 0 Å². The Hall–Kier alpha value is -1.81. The van der Waals surface area contributed by atoms with Gasteiger partial charge in [0.15, 0.2) is 0 Å². The van der Waals surface area contributed by atoms with Gasteiger partial charge in [0, 0.05) is 23.8 Å². The number of aromatic amines is 1. The number of hydrogen-bond acceptors (Lipinski definition) is 2. The summed E-state index contributed by atoms with van der Waals surface area (Å²) in [4.78, 5) is 17.6. The predicted octanol–water partition coefficient (Wildman–Crippen LogP) is 3.37. The minimum absolute atomic E-state index is 0.113. The van der Waals surface area contributed by atoms with E-state index in [-0.39, 0.29) is 5.91 Å². The van der Waals surface area contributed by atoms with Gasteiger partial charge in [-0.2, -0.15) is 0 Å². The van der Waals surface area contributed by atoms with Crippen LogP contribution >= 0.6 is 0 Å². The molecule has 2 aromatic rings. The molecule has 0 aliphatic carbocycles. The van der Waals surface area contributed by atoms with Crippen LogP contribution in [0.15, 0.2) is 30.5 Å². The first-order chi connectivity index (χ1) is 10.3. The van der Waals surface area contributed by atoms with Gasteiger partial charge < -0.3 is 15.2 Å². The van der Waals surface area contributed by atoms with Crippen molar-refractivity contribution < 1.29 is 4.79 Å². The average molecular weight is 285 g/mol.